The van der Waals surface area contributed by atoms with Gasteiger partial charge in [-0.2, -0.15) is 0 Å². The molecule has 48 valence electrons. The molecule has 0 radical (unpaired) electrons. The molecule has 0 spiro atoms. The highest BCUT2D eigenvalue weighted by atomic mass is 16.6. The van der Waals surface area contributed by atoms with Crippen LogP contribution in [0.25, 0.3) is 0 Å². The van der Waals surface area contributed by atoms with Crippen LogP contribution in [0.3, 0.4) is 0 Å². The fourth-order valence-electron chi connectivity index (χ4n) is 0.523. The van der Waals surface area contributed by atoms with Gasteiger partial charge in [-0.05, 0) is 6.42 Å². The summed E-state index contributed by atoms with van der Waals surface area (Å²) >= 11 is 0. The van der Waals surface area contributed by atoms with Crippen LogP contribution in [0, 0.1) is 10.1 Å². The molecule has 0 saturated heterocycles. The van der Waals surface area contributed by atoms with Crippen LogP contribution < -0.4 is 0 Å². The summed E-state index contributed by atoms with van der Waals surface area (Å²) < 4.78 is 0. The molecule has 0 aromatic heterocycles. The Balaban J connectivity index is 3.32. The van der Waals surface area contributed by atoms with Gasteiger partial charge in [-0.3, -0.25) is 10.1 Å². The van der Waals surface area contributed by atoms with Crippen molar-refractivity contribution in [3.63, 3.8) is 0 Å². The van der Waals surface area contributed by atoms with Crippen molar-refractivity contribution in [1.29, 1.82) is 0 Å². The molecule has 3 nitrogen and oxygen atoms in total. The molecule has 0 aliphatic heterocycles. The summed E-state index contributed by atoms with van der Waals surface area (Å²) in [6.07, 6.45) is 1.58. The average molecular weight is 117 g/mol. The second-order valence-corrected chi connectivity index (χ2v) is 1.92. The standard InChI is InChI=1S/C5H11NO2/c1-3-4-5(2)6(7)8/h5H,3-4H2,1-2H3. The van der Waals surface area contributed by atoms with Crippen molar-refractivity contribution in [1.82, 2.24) is 0 Å². The molecular weight excluding hydrogens is 106 g/mol. The highest BCUT2D eigenvalue weighted by molar-refractivity contribution is 4.44. The zero-order valence-corrected chi connectivity index (χ0v) is 5.26. The van der Waals surface area contributed by atoms with Gasteiger partial charge in [-0.25, -0.2) is 0 Å². The lowest BCUT2D eigenvalue weighted by Crippen LogP contribution is -2.13. The van der Waals surface area contributed by atoms with E-state index in [0.717, 1.165) is 6.42 Å². The predicted octanol–water partition coefficient (Wildman–Crippen LogP) is 1.45. The third-order valence-electron chi connectivity index (χ3n) is 1.07. The third kappa shape index (κ3) is 2.55. The molecule has 0 aliphatic carbocycles. The van der Waals surface area contributed by atoms with Crippen LogP contribution in [0.1, 0.15) is 26.7 Å². The molecule has 0 heterocycles. The predicted molar refractivity (Wildman–Crippen MR) is 31.4 cm³/mol. The van der Waals surface area contributed by atoms with E-state index in [1.165, 1.54) is 0 Å². The molecule has 0 aromatic rings. The summed E-state index contributed by atoms with van der Waals surface area (Å²) in [6.45, 7) is 3.57. The maximum Gasteiger partial charge on any atom is 0.210 e. The Bertz CT molecular complexity index is 82.5. The van der Waals surface area contributed by atoms with Crippen LogP contribution in [0.2, 0.25) is 0 Å². The molecule has 0 saturated carbocycles. The van der Waals surface area contributed by atoms with E-state index in [4.69, 9.17) is 0 Å². The summed E-state index contributed by atoms with van der Waals surface area (Å²) in [5.74, 6) is 0. The van der Waals surface area contributed by atoms with Gasteiger partial charge in [0.15, 0.2) is 0 Å². The molecule has 0 aliphatic rings. The molecule has 1 unspecified atom stereocenters. The molecule has 0 amide bonds. The molecule has 3 heteroatoms. The van der Waals surface area contributed by atoms with Gasteiger partial charge >= 0.3 is 0 Å². The first kappa shape index (κ1) is 7.40. The van der Waals surface area contributed by atoms with Gasteiger partial charge in [0.2, 0.25) is 6.04 Å². The quantitative estimate of drug-likeness (QED) is 0.414. The van der Waals surface area contributed by atoms with Crippen molar-refractivity contribution in [2.24, 2.45) is 0 Å². The first-order valence-electron chi connectivity index (χ1n) is 2.82. The highest BCUT2D eigenvalue weighted by Crippen LogP contribution is 1.97. The molecular formula is C5H11NO2. The van der Waals surface area contributed by atoms with E-state index in [-0.39, 0.29) is 11.0 Å². The van der Waals surface area contributed by atoms with Crippen LogP contribution in [0.15, 0.2) is 0 Å². The van der Waals surface area contributed by atoms with E-state index in [1.807, 2.05) is 6.92 Å². The van der Waals surface area contributed by atoms with E-state index in [0.29, 0.717) is 6.42 Å². The Morgan fingerprint density at radius 3 is 2.38 bits per heavy atom. The molecule has 0 aromatic carbocycles. The zero-order valence-electron chi connectivity index (χ0n) is 5.26. The van der Waals surface area contributed by atoms with Crippen molar-refractivity contribution in [3.8, 4) is 0 Å². The van der Waals surface area contributed by atoms with Crippen molar-refractivity contribution in [2.75, 3.05) is 0 Å². The Labute approximate surface area is 48.9 Å². The minimum atomic E-state index is -0.361. The lowest BCUT2D eigenvalue weighted by molar-refractivity contribution is -0.518. The molecule has 0 N–H and O–H groups in total. The monoisotopic (exact) mass is 117 g/mol. The molecule has 0 fully saturated rings. The van der Waals surface area contributed by atoms with Crippen molar-refractivity contribution in [2.45, 2.75) is 32.7 Å². The van der Waals surface area contributed by atoms with Crippen LogP contribution in [-0.4, -0.2) is 11.0 Å². The van der Waals surface area contributed by atoms with Crippen molar-refractivity contribution < 1.29 is 4.92 Å². The Kier molecular flexibility index (Phi) is 3.15. The Morgan fingerprint density at radius 2 is 2.25 bits per heavy atom. The lowest BCUT2D eigenvalue weighted by atomic mass is 10.2. The average Bonchev–Trinajstić information content (AvgIpc) is 1.67. The van der Waals surface area contributed by atoms with Crippen LogP contribution in [-0.2, 0) is 0 Å². The van der Waals surface area contributed by atoms with Crippen molar-refractivity contribution in [3.05, 3.63) is 10.1 Å². The van der Waals surface area contributed by atoms with Gasteiger partial charge < -0.3 is 0 Å². The summed E-state index contributed by atoms with van der Waals surface area (Å²) in [4.78, 5) is 9.65. The second-order valence-electron chi connectivity index (χ2n) is 1.92. The maximum absolute atomic E-state index is 9.89. The van der Waals surface area contributed by atoms with Crippen LogP contribution >= 0.6 is 0 Å². The second kappa shape index (κ2) is 3.41. The zero-order chi connectivity index (χ0) is 6.57. The number of hydrogen-bond donors (Lipinski definition) is 0. The van der Waals surface area contributed by atoms with Gasteiger partial charge in [-0.15, -0.1) is 0 Å². The summed E-state index contributed by atoms with van der Waals surface area (Å²) in [6, 6.07) is -0.361. The smallest absolute Gasteiger partial charge is 0.210 e. The van der Waals surface area contributed by atoms with E-state index < -0.39 is 0 Å². The summed E-state index contributed by atoms with van der Waals surface area (Å²) in [5, 5.41) is 9.89. The lowest BCUT2D eigenvalue weighted by Gasteiger charge is -1.97. The highest BCUT2D eigenvalue weighted by Gasteiger charge is 2.08. The molecule has 8 heavy (non-hydrogen) atoms. The first-order valence-corrected chi connectivity index (χ1v) is 2.82. The maximum atomic E-state index is 9.89. The fraction of sp³-hybridized carbons (Fsp3) is 1.00. The van der Waals surface area contributed by atoms with E-state index in [1.54, 1.807) is 6.92 Å². The van der Waals surface area contributed by atoms with E-state index in [9.17, 15) is 10.1 Å². The normalized spacial score (nSPS) is 13.2. The van der Waals surface area contributed by atoms with Crippen LogP contribution in [0.4, 0.5) is 0 Å². The van der Waals surface area contributed by atoms with Gasteiger partial charge in [-0.1, -0.05) is 6.92 Å². The number of hydrogen-bond acceptors (Lipinski definition) is 2. The summed E-state index contributed by atoms with van der Waals surface area (Å²) in [5.41, 5.74) is 0. The molecule has 0 rings (SSSR count). The Morgan fingerprint density at radius 1 is 1.75 bits per heavy atom. The van der Waals surface area contributed by atoms with Gasteiger partial charge in [0.1, 0.15) is 0 Å². The van der Waals surface area contributed by atoms with E-state index in [2.05, 4.69) is 0 Å². The van der Waals surface area contributed by atoms with Gasteiger partial charge in [0.05, 0.1) is 0 Å². The van der Waals surface area contributed by atoms with E-state index >= 15 is 0 Å². The largest absolute Gasteiger partial charge is 0.264 e. The van der Waals surface area contributed by atoms with Gasteiger partial charge in [0, 0.05) is 18.3 Å². The van der Waals surface area contributed by atoms with Gasteiger partial charge in [0.25, 0.3) is 0 Å². The number of nitro groups is 1. The molecule has 1 atom stereocenters. The van der Waals surface area contributed by atoms with Crippen molar-refractivity contribution >= 4 is 0 Å². The SMILES string of the molecule is CCCC(C)[N+](=O)[O-]. The third-order valence-corrected chi connectivity index (χ3v) is 1.07. The number of rotatable bonds is 3. The fourth-order valence-corrected chi connectivity index (χ4v) is 0.523. The topological polar surface area (TPSA) is 43.1 Å². The minimum absolute atomic E-state index is 0.247. The van der Waals surface area contributed by atoms with Crippen LogP contribution in [0.5, 0.6) is 0 Å². The first-order chi connectivity index (χ1) is 3.68. The Hall–Kier alpha value is -0.600. The minimum Gasteiger partial charge on any atom is -0.264 e. The molecule has 0 bridgehead atoms. The number of nitrogens with zero attached hydrogens (tertiary/aromatic N) is 1. The summed E-state index contributed by atoms with van der Waals surface area (Å²) in [7, 11) is 0.